The lowest BCUT2D eigenvalue weighted by Crippen LogP contribution is -1.85. The van der Waals surface area contributed by atoms with Crippen LogP contribution in [0.25, 0.3) is 0 Å². The third-order valence-corrected chi connectivity index (χ3v) is 3.49. The van der Waals surface area contributed by atoms with Crippen molar-refractivity contribution in [1.82, 2.24) is 4.98 Å². The summed E-state index contributed by atoms with van der Waals surface area (Å²) in [7, 11) is 0. The number of nitrogens with zero attached hydrogens (tertiary/aromatic N) is 1. The van der Waals surface area contributed by atoms with Crippen LogP contribution >= 0.6 is 39.3 Å². The van der Waals surface area contributed by atoms with Crippen molar-refractivity contribution in [2.45, 2.75) is 11.8 Å². The summed E-state index contributed by atoms with van der Waals surface area (Å²) in [6, 6.07) is 0. The average molecular weight is 253 g/mol. The number of rotatable bonds is 1. The summed E-state index contributed by atoms with van der Waals surface area (Å²) in [6.45, 7) is 2.02. The van der Waals surface area contributed by atoms with E-state index >= 15 is 0 Å². The molecule has 1 rings (SSSR count). The van der Waals surface area contributed by atoms with Gasteiger partial charge in [0.2, 0.25) is 0 Å². The number of hydrogen-bond acceptors (Lipinski definition) is 2. The van der Waals surface area contributed by atoms with E-state index in [9.17, 15) is 0 Å². The van der Waals surface area contributed by atoms with Crippen LogP contribution in [-0.2, 0) is 0 Å². The second-order valence-corrected chi connectivity index (χ2v) is 4.08. The van der Waals surface area contributed by atoms with E-state index in [2.05, 4.69) is 20.9 Å². The van der Waals surface area contributed by atoms with E-state index in [1.807, 2.05) is 13.2 Å². The van der Waals surface area contributed by atoms with E-state index in [0.717, 1.165) is 14.9 Å². The predicted octanol–water partition coefficient (Wildman–Crippen LogP) is 3.53. The largest absolute Gasteiger partial charge is 0.242 e. The lowest BCUT2D eigenvalue weighted by atomic mass is 10.3. The first-order valence-corrected chi connectivity index (χ1v) is 5.41. The van der Waals surface area contributed by atoms with E-state index in [1.165, 1.54) is 0 Å². The highest BCUT2D eigenvalue weighted by Gasteiger charge is 2.06. The third kappa shape index (κ3) is 1.89. The van der Waals surface area contributed by atoms with Crippen molar-refractivity contribution in [3.05, 3.63) is 21.4 Å². The summed E-state index contributed by atoms with van der Waals surface area (Å²) in [5.41, 5.74) is 1.15. The topological polar surface area (TPSA) is 12.9 Å². The zero-order valence-corrected chi connectivity index (χ0v) is 9.35. The summed E-state index contributed by atoms with van der Waals surface area (Å²) >= 11 is 10.8. The summed E-state index contributed by atoms with van der Waals surface area (Å²) in [5, 5.41) is 0.582. The minimum atomic E-state index is 0.582. The van der Waals surface area contributed by atoms with Gasteiger partial charge in [0.05, 0.1) is 0 Å². The number of thioether (sulfide) groups is 1. The Balaban J connectivity index is 3.29. The molecule has 0 fully saturated rings. The molecule has 0 aromatic carbocycles. The minimum absolute atomic E-state index is 0.582. The molecule has 11 heavy (non-hydrogen) atoms. The molecular weight excluding hydrogens is 246 g/mol. The predicted molar refractivity (Wildman–Crippen MR) is 53.5 cm³/mol. The Morgan fingerprint density at radius 3 is 2.73 bits per heavy atom. The number of halogens is 2. The molecule has 0 radical (unpaired) electrons. The molecule has 0 aliphatic carbocycles. The standard InChI is InChI=1S/C7H7BrClNS/c1-4-5(8)3-10-7(9)6(4)11-2/h3H,1-2H3. The molecule has 0 N–H and O–H groups in total. The highest BCUT2D eigenvalue weighted by atomic mass is 79.9. The molecule has 0 unspecified atom stereocenters. The normalized spacial score (nSPS) is 10.2. The Morgan fingerprint density at radius 1 is 1.64 bits per heavy atom. The lowest BCUT2D eigenvalue weighted by Gasteiger charge is -2.04. The zero-order chi connectivity index (χ0) is 8.43. The molecule has 1 aromatic heterocycles. The highest BCUT2D eigenvalue weighted by molar-refractivity contribution is 9.10. The Morgan fingerprint density at radius 2 is 2.27 bits per heavy atom. The molecule has 0 saturated carbocycles. The molecule has 1 aromatic rings. The van der Waals surface area contributed by atoms with Gasteiger partial charge in [-0.05, 0) is 34.7 Å². The lowest BCUT2D eigenvalue weighted by molar-refractivity contribution is 1.16. The third-order valence-electron chi connectivity index (χ3n) is 1.38. The Kier molecular flexibility index (Phi) is 3.22. The van der Waals surface area contributed by atoms with E-state index in [-0.39, 0.29) is 0 Å². The van der Waals surface area contributed by atoms with Gasteiger partial charge in [-0.2, -0.15) is 0 Å². The molecule has 0 amide bonds. The van der Waals surface area contributed by atoms with Crippen molar-refractivity contribution in [3.63, 3.8) is 0 Å². The van der Waals surface area contributed by atoms with Crippen LogP contribution in [0.3, 0.4) is 0 Å². The number of pyridine rings is 1. The fourth-order valence-corrected chi connectivity index (χ4v) is 2.26. The van der Waals surface area contributed by atoms with Crippen LogP contribution in [0.4, 0.5) is 0 Å². The Hall–Kier alpha value is 0.270. The van der Waals surface area contributed by atoms with Gasteiger partial charge in [0.25, 0.3) is 0 Å². The first kappa shape index (κ1) is 9.36. The molecule has 0 spiro atoms. The Labute approximate surface area is 83.7 Å². The van der Waals surface area contributed by atoms with Gasteiger partial charge in [-0.3, -0.25) is 0 Å². The van der Waals surface area contributed by atoms with Crippen LogP contribution in [0.2, 0.25) is 5.15 Å². The minimum Gasteiger partial charge on any atom is -0.242 e. The summed E-state index contributed by atoms with van der Waals surface area (Å²) in [5.74, 6) is 0. The highest BCUT2D eigenvalue weighted by Crippen LogP contribution is 2.30. The number of aromatic nitrogens is 1. The first-order valence-electron chi connectivity index (χ1n) is 3.01. The van der Waals surface area contributed by atoms with Gasteiger partial charge in [-0.1, -0.05) is 11.6 Å². The van der Waals surface area contributed by atoms with Crippen LogP contribution in [0, 0.1) is 6.92 Å². The molecule has 0 aliphatic rings. The van der Waals surface area contributed by atoms with E-state index in [0.29, 0.717) is 5.15 Å². The summed E-state index contributed by atoms with van der Waals surface area (Å²) in [4.78, 5) is 5.05. The molecule has 0 aliphatic heterocycles. The second kappa shape index (κ2) is 3.78. The molecule has 0 bridgehead atoms. The van der Waals surface area contributed by atoms with Crippen molar-refractivity contribution < 1.29 is 0 Å². The van der Waals surface area contributed by atoms with Crippen molar-refractivity contribution in [3.8, 4) is 0 Å². The van der Waals surface area contributed by atoms with Crippen LogP contribution in [0.15, 0.2) is 15.6 Å². The Bertz CT molecular complexity index is 277. The molecular formula is C7H7BrClNS. The quantitative estimate of drug-likeness (QED) is 0.560. The second-order valence-electron chi connectivity index (χ2n) is 2.06. The van der Waals surface area contributed by atoms with Crippen LogP contribution in [0.5, 0.6) is 0 Å². The summed E-state index contributed by atoms with van der Waals surface area (Å²) < 4.78 is 1.01. The van der Waals surface area contributed by atoms with Crippen LogP contribution < -0.4 is 0 Å². The fourth-order valence-electron chi connectivity index (χ4n) is 0.769. The van der Waals surface area contributed by atoms with Gasteiger partial charge in [0.1, 0.15) is 5.15 Å². The van der Waals surface area contributed by atoms with Gasteiger partial charge < -0.3 is 0 Å². The zero-order valence-electron chi connectivity index (χ0n) is 6.19. The average Bonchev–Trinajstić information content (AvgIpc) is 1.99. The van der Waals surface area contributed by atoms with E-state index < -0.39 is 0 Å². The van der Waals surface area contributed by atoms with E-state index in [1.54, 1.807) is 18.0 Å². The van der Waals surface area contributed by atoms with Gasteiger partial charge in [0.15, 0.2) is 0 Å². The maximum absolute atomic E-state index is 5.85. The van der Waals surface area contributed by atoms with Crippen LogP contribution in [0.1, 0.15) is 5.56 Å². The SMILES string of the molecule is CSc1c(Cl)ncc(Br)c1C. The molecule has 0 atom stereocenters. The summed E-state index contributed by atoms with van der Waals surface area (Å²) in [6.07, 6.45) is 3.71. The maximum atomic E-state index is 5.85. The van der Waals surface area contributed by atoms with Crippen LogP contribution in [-0.4, -0.2) is 11.2 Å². The monoisotopic (exact) mass is 251 g/mol. The molecule has 0 saturated heterocycles. The molecule has 1 nitrogen and oxygen atoms in total. The fraction of sp³-hybridized carbons (Fsp3) is 0.286. The smallest absolute Gasteiger partial charge is 0.142 e. The van der Waals surface area contributed by atoms with Crippen molar-refractivity contribution in [2.24, 2.45) is 0 Å². The van der Waals surface area contributed by atoms with Crippen molar-refractivity contribution >= 4 is 39.3 Å². The number of hydrogen-bond donors (Lipinski definition) is 0. The first-order chi connectivity index (χ1) is 5.16. The molecule has 4 heteroatoms. The van der Waals surface area contributed by atoms with E-state index in [4.69, 9.17) is 11.6 Å². The maximum Gasteiger partial charge on any atom is 0.142 e. The van der Waals surface area contributed by atoms with Crippen molar-refractivity contribution in [2.75, 3.05) is 6.26 Å². The van der Waals surface area contributed by atoms with Gasteiger partial charge >= 0.3 is 0 Å². The molecule has 60 valence electrons. The van der Waals surface area contributed by atoms with Gasteiger partial charge in [-0.15, -0.1) is 11.8 Å². The van der Waals surface area contributed by atoms with Crippen molar-refractivity contribution in [1.29, 1.82) is 0 Å². The van der Waals surface area contributed by atoms with Gasteiger partial charge in [-0.25, -0.2) is 4.98 Å². The molecule has 1 heterocycles. The van der Waals surface area contributed by atoms with Gasteiger partial charge in [0, 0.05) is 15.6 Å².